The highest BCUT2D eigenvalue weighted by Crippen LogP contribution is 2.31. The number of hydrogen-bond acceptors (Lipinski definition) is 7. The number of nitrogens with zero attached hydrogens (tertiary/aromatic N) is 2. The van der Waals surface area contributed by atoms with Gasteiger partial charge in [-0.15, -0.1) is 0 Å². The molecule has 0 fully saturated rings. The maximum atomic E-state index is 12.1. The van der Waals surface area contributed by atoms with Crippen molar-refractivity contribution in [3.05, 3.63) is 56.6 Å². The lowest BCUT2D eigenvalue weighted by atomic mass is 10.1. The van der Waals surface area contributed by atoms with E-state index in [4.69, 9.17) is 9.47 Å². The fraction of sp³-hybridized carbons (Fsp3) is 0.263. The monoisotopic (exact) mass is 386 g/mol. The van der Waals surface area contributed by atoms with Crippen molar-refractivity contribution in [2.75, 3.05) is 13.7 Å². The Balaban J connectivity index is 2.05. The molecule has 0 heterocycles. The van der Waals surface area contributed by atoms with Crippen molar-refractivity contribution in [2.24, 2.45) is 5.10 Å². The number of non-ortho nitro benzene ring substituents is 1. The van der Waals surface area contributed by atoms with Gasteiger partial charge in [-0.25, -0.2) is 5.43 Å². The second-order valence-electron chi connectivity index (χ2n) is 6.06. The Kier molecular flexibility index (Phi) is 6.54. The summed E-state index contributed by atoms with van der Waals surface area (Å²) >= 11 is 0. The first kappa shape index (κ1) is 20.7. The first-order valence-electron chi connectivity index (χ1n) is 8.29. The third kappa shape index (κ3) is 4.76. The number of methoxy groups -OCH3 is 1. The summed E-state index contributed by atoms with van der Waals surface area (Å²) in [6.45, 7) is 5.45. The molecule has 0 aromatic heterocycles. The van der Waals surface area contributed by atoms with Crippen LogP contribution in [-0.4, -0.2) is 30.8 Å². The van der Waals surface area contributed by atoms with Gasteiger partial charge in [-0.05, 0) is 43.0 Å². The fourth-order valence-corrected chi connectivity index (χ4v) is 2.45. The molecule has 0 bridgehead atoms. The molecule has 9 heteroatoms. The summed E-state index contributed by atoms with van der Waals surface area (Å²) in [5.41, 5.74) is 4.70. The highest BCUT2D eigenvalue weighted by Gasteiger charge is 2.12. The van der Waals surface area contributed by atoms with Gasteiger partial charge in [0.2, 0.25) is 0 Å². The molecule has 0 aliphatic carbocycles. The average molecular weight is 386 g/mol. The molecule has 1 amide bonds. The van der Waals surface area contributed by atoms with Crippen LogP contribution in [0.3, 0.4) is 0 Å². The lowest BCUT2D eigenvalue weighted by molar-refractivity contribution is -0.385. The average Bonchev–Trinajstić information content (AvgIpc) is 2.66. The number of amides is 1. The van der Waals surface area contributed by atoms with E-state index in [0.717, 1.165) is 35.0 Å². The van der Waals surface area contributed by atoms with Crippen LogP contribution in [0.15, 0.2) is 29.4 Å². The largest absolute Gasteiger partial charge is 0.870 e. The van der Waals surface area contributed by atoms with Gasteiger partial charge in [0.05, 0.1) is 24.3 Å². The summed E-state index contributed by atoms with van der Waals surface area (Å²) in [4.78, 5) is 22.2. The zero-order valence-electron chi connectivity index (χ0n) is 15.9. The van der Waals surface area contributed by atoms with Gasteiger partial charge in [-0.2, -0.15) is 5.10 Å². The van der Waals surface area contributed by atoms with Crippen LogP contribution in [0.1, 0.15) is 22.3 Å². The number of aryl methyl sites for hydroxylation is 2. The van der Waals surface area contributed by atoms with Gasteiger partial charge in [0.1, 0.15) is 11.5 Å². The van der Waals surface area contributed by atoms with Crippen LogP contribution in [0, 0.1) is 30.9 Å². The Hall–Kier alpha value is -3.62. The van der Waals surface area contributed by atoms with Crippen LogP contribution in [0.2, 0.25) is 0 Å². The number of hydrazone groups is 1. The molecule has 28 heavy (non-hydrogen) atoms. The molecule has 2 aromatic rings. The first-order valence-corrected chi connectivity index (χ1v) is 8.29. The lowest BCUT2D eigenvalue weighted by Gasteiger charge is -2.15. The number of nitro benzene ring substituents is 1. The molecule has 0 aliphatic heterocycles. The Morgan fingerprint density at radius 3 is 2.57 bits per heavy atom. The van der Waals surface area contributed by atoms with E-state index >= 15 is 0 Å². The van der Waals surface area contributed by atoms with E-state index in [9.17, 15) is 20.0 Å². The Bertz CT molecular complexity index is 940. The molecule has 0 saturated heterocycles. The molecule has 0 unspecified atom stereocenters. The number of nitro groups is 1. The van der Waals surface area contributed by atoms with Crippen molar-refractivity contribution in [1.82, 2.24) is 5.43 Å². The fourth-order valence-electron chi connectivity index (χ4n) is 2.45. The SMILES string of the molecule is COc1cc([N+](=O)[O-])cc(/C=N\NC(=O)COc2c(C)ccc(C)c2C)c1[O-]. The van der Waals surface area contributed by atoms with Gasteiger partial charge >= 0.3 is 0 Å². The summed E-state index contributed by atoms with van der Waals surface area (Å²) in [6, 6.07) is 5.95. The minimum Gasteiger partial charge on any atom is -0.870 e. The van der Waals surface area contributed by atoms with Crippen LogP contribution in [0.4, 0.5) is 5.69 Å². The third-order valence-electron chi connectivity index (χ3n) is 4.11. The van der Waals surface area contributed by atoms with Crippen molar-refractivity contribution in [3.8, 4) is 17.2 Å². The maximum absolute atomic E-state index is 12.1. The van der Waals surface area contributed by atoms with E-state index in [1.807, 2.05) is 32.9 Å². The third-order valence-corrected chi connectivity index (χ3v) is 4.11. The number of benzene rings is 2. The summed E-state index contributed by atoms with van der Waals surface area (Å²) in [6.07, 6.45) is 1.03. The Labute approximate surface area is 161 Å². The van der Waals surface area contributed by atoms with Gasteiger partial charge in [-0.1, -0.05) is 17.9 Å². The molecule has 2 rings (SSSR count). The van der Waals surface area contributed by atoms with E-state index in [1.54, 1.807) is 0 Å². The molecule has 9 nitrogen and oxygen atoms in total. The van der Waals surface area contributed by atoms with Crippen molar-refractivity contribution in [1.29, 1.82) is 0 Å². The topological polar surface area (TPSA) is 126 Å². The minimum atomic E-state index is -0.655. The normalized spacial score (nSPS) is 10.7. The molecule has 0 aliphatic rings. The van der Waals surface area contributed by atoms with Crippen molar-refractivity contribution in [3.63, 3.8) is 0 Å². The second kappa shape index (κ2) is 8.85. The lowest BCUT2D eigenvalue weighted by Crippen LogP contribution is -2.25. The predicted molar refractivity (Wildman–Crippen MR) is 101 cm³/mol. The maximum Gasteiger partial charge on any atom is 0.277 e. The molecule has 2 aromatic carbocycles. The van der Waals surface area contributed by atoms with Gasteiger partial charge in [0.15, 0.2) is 6.61 Å². The van der Waals surface area contributed by atoms with E-state index in [2.05, 4.69) is 10.5 Å². The Morgan fingerprint density at radius 1 is 1.25 bits per heavy atom. The number of nitrogens with one attached hydrogen (secondary N) is 1. The standard InChI is InChI=1S/C19H21N3O6/c1-11-5-6-12(2)19(13(11)3)28-10-17(23)21-20-9-14-7-15(22(25)26)8-16(27-4)18(14)24/h5-9,24H,10H2,1-4H3,(H,21,23)/p-1/b20-9-. The highest BCUT2D eigenvalue weighted by molar-refractivity contribution is 5.87. The molecule has 0 spiro atoms. The van der Waals surface area contributed by atoms with Crippen LogP contribution >= 0.6 is 0 Å². The predicted octanol–water partition coefficient (Wildman–Crippen LogP) is 2.13. The number of ether oxygens (including phenoxy) is 2. The van der Waals surface area contributed by atoms with Crippen LogP contribution in [-0.2, 0) is 4.79 Å². The molecular weight excluding hydrogens is 366 g/mol. The van der Waals surface area contributed by atoms with Crippen LogP contribution in [0.5, 0.6) is 17.2 Å². The molecule has 0 atom stereocenters. The number of carbonyl (C=O) groups is 1. The molecule has 0 saturated carbocycles. The second-order valence-corrected chi connectivity index (χ2v) is 6.06. The van der Waals surface area contributed by atoms with Crippen molar-refractivity contribution < 1.29 is 24.3 Å². The summed E-state index contributed by atoms with van der Waals surface area (Å²) in [5, 5.41) is 26.7. The van der Waals surface area contributed by atoms with Crippen molar-refractivity contribution in [2.45, 2.75) is 20.8 Å². The minimum absolute atomic E-state index is 0.0855. The van der Waals surface area contributed by atoms with Crippen LogP contribution in [0.25, 0.3) is 0 Å². The Morgan fingerprint density at radius 2 is 1.93 bits per heavy atom. The number of hydrogen-bond donors (Lipinski definition) is 1. The van der Waals surface area contributed by atoms with Crippen LogP contribution < -0.4 is 20.0 Å². The zero-order chi connectivity index (χ0) is 20.8. The van der Waals surface area contributed by atoms with Gasteiger partial charge < -0.3 is 14.6 Å². The molecular formula is C19H20N3O6-. The van der Waals surface area contributed by atoms with Gasteiger partial charge in [0.25, 0.3) is 11.6 Å². The van der Waals surface area contributed by atoms with E-state index in [1.165, 1.54) is 7.11 Å². The zero-order valence-corrected chi connectivity index (χ0v) is 15.9. The van der Waals surface area contributed by atoms with Gasteiger partial charge in [0, 0.05) is 6.07 Å². The molecule has 1 N–H and O–H groups in total. The quantitative estimate of drug-likeness (QED) is 0.441. The molecule has 0 radical (unpaired) electrons. The summed E-state index contributed by atoms with van der Waals surface area (Å²) in [5.74, 6) is -0.671. The van der Waals surface area contributed by atoms with Crippen molar-refractivity contribution >= 4 is 17.8 Å². The smallest absolute Gasteiger partial charge is 0.277 e. The molecule has 148 valence electrons. The summed E-state index contributed by atoms with van der Waals surface area (Å²) in [7, 11) is 1.23. The highest BCUT2D eigenvalue weighted by atomic mass is 16.6. The van der Waals surface area contributed by atoms with E-state index in [0.29, 0.717) is 5.75 Å². The van der Waals surface area contributed by atoms with E-state index < -0.39 is 16.6 Å². The van der Waals surface area contributed by atoms with Gasteiger partial charge in [-0.3, -0.25) is 14.9 Å². The number of rotatable bonds is 7. The number of carbonyl (C=O) groups excluding carboxylic acids is 1. The van der Waals surface area contributed by atoms with E-state index in [-0.39, 0.29) is 23.6 Å². The first-order chi connectivity index (χ1) is 13.2. The summed E-state index contributed by atoms with van der Waals surface area (Å²) < 4.78 is 10.4.